The standard InChI is InChI=1S/C29H49N3O4S/c1-3-4-5-6-7-10-16-25-36-28(34)18-12-11-14-21-32(20-13-8-9-15-24-33)29(35)37-26-17-22-31-23-19-30-27(31)2/h10,16,19,23-24H,3-9,11-15,17-18,20-22,25-26H2,1-2H3/b16-10-. The monoisotopic (exact) mass is 535 g/mol. The van der Waals surface area contributed by atoms with Gasteiger partial charge in [0.25, 0.3) is 5.24 Å². The SMILES string of the molecule is CCCCCC/C=C\COC(=O)CCCCCN(CCCCCC=O)C(=O)SCCCn1ccnc1C. The van der Waals surface area contributed by atoms with Crippen LogP contribution < -0.4 is 0 Å². The smallest absolute Gasteiger partial charge is 0.306 e. The predicted molar refractivity (Wildman–Crippen MR) is 153 cm³/mol. The number of nitrogens with zero attached hydrogens (tertiary/aromatic N) is 3. The number of hydrogen-bond acceptors (Lipinski definition) is 6. The van der Waals surface area contributed by atoms with Crippen molar-refractivity contribution in [3.05, 3.63) is 30.4 Å². The topological polar surface area (TPSA) is 81.5 Å². The molecule has 7 nitrogen and oxygen atoms in total. The van der Waals surface area contributed by atoms with E-state index in [9.17, 15) is 14.4 Å². The number of amides is 1. The van der Waals surface area contributed by atoms with Crippen molar-refractivity contribution in [1.29, 1.82) is 0 Å². The van der Waals surface area contributed by atoms with Crippen molar-refractivity contribution in [2.45, 2.75) is 110 Å². The van der Waals surface area contributed by atoms with Crippen LogP contribution in [0.25, 0.3) is 0 Å². The molecular formula is C29H49N3O4S. The molecule has 0 spiro atoms. The minimum atomic E-state index is -0.151. The van der Waals surface area contributed by atoms with E-state index in [0.717, 1.165) is 82.3 Å². The van der Waals surface area contributed by atoms with Crippen LogP contribution in [-0.4, -0.2) is 57.4 Å². The molecule has 0 unspecified atom stereocenters. The lowest BCUT2D eigenvalue weighted by atomic mass is 10.1. The fraction of sp³-hybridized carbons (Fsp3) is 0.724. The Morgan fingerprint density at radius 3 is 2.41 bits per heavy atom. The first-order valence-corrected chi connectivity index (χ1v) is 15.2. The van der Waals surface area contributed by atoms with Crippen LogP contribution in [0.15, 0.2) is 24.5 Å². The van der Waals surface area contributed by atoms with Gasteiger partial charge in [0, 0.05) is 50.6 Å². The highest BCUT2D eigenvalue weighted by Crippen LogP contribution is 2.15. The number of carbonyl (C=O) groups is 3. The van der Waals surface area contributed by atoms with Crippen LogP contribution in [0.3, 0.4) is 0 Å². The molecule has 37 heavy (non-hydrogen) atoms. The highest BCUT2D eigenvalue weighted by atomic mass is 32.2. The van der Waals surface area contributed by atoms with Gasteiger partial charge in [0.1, 0.15) is 18.7 Å². The van der Waals surface area contributed by atoms with Crippen molar-refractivity contribution in [2.75, 3.05) is 25.4 Å². The second-order valence-electron chi connectivity index (χ2n) is 9.45. The van der Waals surface area contributed by atoms with Gasteiger partial charge >= 0.3 is 5.97 Å². The molecule has 0 atom stereocenters. The summed E-state index contributed by atoms with van der Waals surface area (Å²) >= 11 is 1.38. The van der Waals surface area contributed by atoms with Crippen molar-refractivity contribution in [3.8, 4) is 0 Å². The summed E-state index contributed by atoms with van der Waals surface area (Å²) in [5.41, 5.74) is 0. The van der Waals surface area contributed by atoms with Crippen LogP contribution in [0, 0.1) is 6.92 Å². The van der Waals surface area contributed by atoms with E-state index in [4.69, 9.17) is 4.74 Å². The molecule has 0 aliphatic heterocycles. The maximum absolute atomic E-state index is 12.8. The molecule has 0 aliphatic carbocycles. The van der Waals surface area contributed by atoms with Crippen molar-refractivity contribution >= 4 is 29.3 Å². The summed E-state index contributed by atoms with van der Waals surface area (Å²) in [7, 11) is 0. The lowest BCUT2D eigenvalue weighted by Crippen LogP contribution is -2.30. The number of aldehydes is 1. The van der Waals surface area contributed by atoms with Gasteiger partial charge in [-0.3, -0.25) is 9.59 Å². The van der Waals surface area contributed by atoms with Crippen LogP contribution in [0.5, 0.6) is 0 Å². The van der Waals surface area contributed by atoms with E-state index < -0.39 is 0 Å². The Bertz CT molecular complexity index is 766. The van der Waals surface area contributed by atoms with Crippen molar-refractivity contribution < 1.29 is 19.1 Å². The number of rotatable bonds is 23. The van der Waals surface area contributed by atoms with Crippen LogP contribution in [-0.2, 0) is 20.9 Å². The van der Waals surface area contributed by atoms with Gasteiger partial charge in [-0.15, -0.1) is 0 Å². The Kier molecular flexibility index (Phi) is 20.5. The van der Waals surface area contributed by atoms with E-state index >= 15 is 0 Å². The summed E-state index contributed by atoms with van der Waals surface area (Å²) in [4.78, 5) is 41.5. The average molecular weight is 536 g/mol. The number of ether oxygens (including phenoxy) is 1. The Labute approximate surface area is 228 Å². The molecule has 1 heterocycles. The number of allylic oxidation sites excluding steroid dienone is 1. The van der Waals surface area contributed by atoms with Gasteiger partial charge < -0.3 is 19.0 Å². The molecule has 0 bridgehead atoms. The number of hydrogen-bond donors (Lipinski definition) is 0. The number of aryl methyl sites for hydroxylation is 2. The fourth-order valence-electron chi connectivity index (χ4n) is 3.96. The molecule has 8 heteroatoms. The third-order valence-corrected chi connectivity index (χ3v) is 7.24. The molecule has 1 rings (SSSR count). The number of thioether (sulfide) groups is 1. The van der Waals surface area contributed by atoms with Gasteiger partial charge in [-0.25, -0.2) is 4.98 Å². The first-order valence-electron chi connectivity index (χ1n) is 14.2. The Balaban J connectivity index is 2.24. The van der Waals surface area contributed by atoms with Gasteiger partial charge in [0.05, 0.1) is 0 Å². The van der Waals surface area contributed by atoms with Crippen LogP contribution in [0.4, 0.5) is 4.79 Å². The molecule has 0 saturated heterocycles. The molecule has 0 radical (unpaired) electrons. The molecule has 0 aromatic carbocycles. The van der Waals surface area contributed by atoms with Gasteiger partial charge in [-0.2, -0.15) is 0 Å². The van der Waals surface area contributed by atoms with Crippen LogP contribution >= 0.6 is 11.8 Å². The zero-order valence-corrected chi connectivity index (χ0v) is 24.0. The molecule has 1 aromatic rings. The highest BCUT2D eigenvalue weighted by Gasteiger charge is 2.14. The number of unbranched alkanes of at least 4 members (excludes halogenated alkanes) is 9. The van der Waals surface area contributed by atoms with E-state index in [1.807, 2.05) is 24.1 Å². The summed E-state index contributed by atoms with van der Waals surface area (Å²) in [5, 5.41) is 0.124. The number of carbonyl (C=O) groups excluding carboxylic acids is 3. The Hall–Kier alpha value is -2.09. The quantitative estimate of drug-likeness (QED) is 0.0642. The van der Waals surface area contributed by atoms with Gasteiger partial charge in [-0.05, 0) is 51.9 Å². The van der Waals surface area contributed by atoms with Crippen molar-refractivity contribution in [3.63, 3.8) is 0 Å². The van der Waals surface area contributed by atoms with Crippen LogP contribution in [0.1, 0.15) is 103 Å². The highest BCUT2D eigenvalue weighted by molar-refractivity contribution is 8.13. The molecule has 0 saturated carbocycles. The molecule has 0 N–H and O–H groups in total. The fourth-order valence-corrected chi connectivity index (χ4v) is 4.78. The number of esters is 1. The number of aromatic nitrogens is 2. The minimum Gasteiger partial charge on any atom is -0.461 e. The average Bonchev–Trinajstić information content (AvgIpc) is 3.30. The summed E-state index contributed by atoms with van der Waals surface area (Å²) in [6, 6.07) is 0. The first kappa shape index (κ1) is 32.9. The van der Waals surface area contributed by atoms with E-state index in [1.54, 1.807) is 6.20 Å². The summed E-state index contributed by atoms with van der Waals surface area (Å²) < 4.78 is 7.39. The van der Waals surface area contributed by atoms with Crippen LogP contribution in [0.2, 0.25) is 0 Å². The lowest BCUT2D eigenvalue weighted by Gasteiger charge is -2.22. The maximum atomic E-state index is 12.8. The summed E-state index contributed by atoms with van der Waals surface area (Å²) in [6.45, 7) is 6.84. The zero-order chi connectivity index (χ0) is 27.0. The molecular weight excluding hydrogens is 486 g/mol. The van der Waals surface area contributed by atoms with Crippen molar-refractivity contribution in [1.82, 2.24) is 14.5 Å². The first-order chi connectivity index (χ1) is 18.1. The molecule has 0 fully saturated rings. The van der Waals surface area contributed by atoms with E-state index in [-0.39, 0.29) is 11.2 Å². The molecule has 0 aliphatic rings. The van der Waals surface area contributed by atoms with Crippen molar-refractivity contribution in [2.24, 2.45) is 0 Å². The maximum Gasteiger partial charge on any atom is 0.306 e. The Morgan fingerprint density at radius 2 is 1.70 bits per heavy atom. The molecule has 1 amide bonds. The Morgan fingerprint density at radius 1 is 0.973 bits per heavy atom. The van der Waals surface area contributed by atoms with Gasteiger partial charge in [-0.1, -0.05) is 62.9 Å². The second kappa shape index (κ2) is 23.1. The van der Waals surface area contributed by atoms with E-state index in [2.05, 4.69) is 22.6 Å². The lowest BCUT2D eigenvalue weighted by molar-refractivity contribution is -0.142. The largest absolute Gasteiger partial charge is 0.461 e. The third kappa shape index (κ3) is 17.9. The van der Waals surface area contributed by atoms with Gasteiger partial charge in [0.15, 0.2) is 0 Å². The normalized spacial score (nSPS) is 11.2. The van der Waals surface area contributed by atoms with E-state index in [1.165, 1.54) is 37.4 Å². The summed E-state index contributed by atoms with van der Waals surface area (Å²) in [6.07, 6.45) is 22.0. The second-order valence-corrected chi connectivity index (χ2v) is 10.5. The van der Waals surface area contributed by atoms with E-state index in [0.29, 0.717) is 26.0 Å². The third-order valence-electron chi connectivity index (χ3n) is 6.24. The molecule has 210 valence electrons. The minimum absolute atomic E-state index is 0.124. The predicted octanol–water partition coefficient (Wildman–Crippen LogP) is 7.13. The summed E-state index contributed by atoms with van der Waals surface area (Å²) in [5.74, 6) is 1.62. The number of imidazole rings is 1. The van der Waals surface area contributed by atoms with Gasteiger partial charge in [0.2, 0.25) is 0 Å². The zero-order valence-electron chi connectivity index (χ0n) is 23.2. The molecule has 1 aromatic heterocycles.